The summed E-state index contributed by atoms with van der Waals surface area (Å²) in [6.45, 7) is 1.59. The number of carbonyl (C=O) groups excluding carboxylic acids is 1. The number of carbonyl (C=O) groups is 1. The van der Waals surface area contributed by atoms with Crippen molar-refractivity contribution in [1.82, 2.24) is 0 Å². The van der Waals surface area contributed by atoms with Gasteiger partial charge >= 0.3 is 0 Å². The summed E-state index contributed by atoms with van der Waals surface area (Å²) in [5.74, 6) is 0.389. The quantitative estimate of drug-likeness (QED) is 0.846. The SMILES string of the molecule is COc1ccc2c(c1)N(S(=O)(=O)c1ccc(C(C)=O)cc1)CCC2O. The maximum atomic E-state index is 13.1. The van der Waals surface area contributed by atoms with Gasteiger partial charge in [0.1, 0.15) is 5.75 Å². The molecular weight excluding hydrogens is 342 g/mol. The largest absolute Gasteiger partial charge is 0.497 e. The van der Waals surface area contributed by atoms with Crippen LogP contribution in [0.2, 0.25) is 0 Å². The van der Waals surface area contributed by atoms with Gasteiger partial charge in [-0.25, -0.2) is 8.42 Å². The standard InChI is InChI=1S/C18H19NO5S/c1-12(20)13-3-6-15(7-4-13)25(22,23)19-10-9-18(21)16-8-5-14(24-2)11-17(16)19/h3-8,11,18,21H,9-10H2,1-2H3. The van der Waals surface area contributed by atoms with E-state index in [9.17, 15) is 18.3 Å². The number of aliphatic hydroxyl groups is 1. The second-order valence-corrected chi connectivity index (χ2v) is 7.75. The number of aliphatic hydroxyl groups excluding tert-OH is 1. The van der Waals surface area contributed by atoms with Crippen molar-refractivity contribution in [1.29, 1.82) is 0 Å². The van der Waals surface area contributed by atoms with Gasteiger partial charge in [-0.3, -0.25) is 9.10 Å². The topological polar surface area (TPSA) is 83.9 Å². The van der Waals surface area contributed by atoms with Crippen molar-refractivity contribution in [3.8, 4) is 5.75 Å². The third kappa shape index (κ3) is 3.12. The average Bonchev–Trinajstić information content (AvgIpc) is 2.61. The van der Waals surface area contributed by atoms with E-state index in [0.717, 1.165) is 0 Å². The van der Waals surface area contributed by atoms with E-state index in [0.29, 0.717) is 29.0 Å². The van der Waals surface area contributed by atoms with Crippen LogP contribution in [0, 0.1) is 0 Å². The number of rotatable bonds is 4. The number of methoxy groups -OCH3 is 1. The van der Waals surface area contributed by atoms with Crippen LogP contribution < -0.4 is 9.04 Å². The first kappa shape index (κ1) is 17.4. The molecule has 0 amide bonds. The van der Waals surface area contributed by atoms with Gasteiger partial charge < -0.3 is 9.84 Å². The van der Waals surface area contributed by atoms with Crippen LogP contribution in [0.5, 0.6) is 5.75 Å². The van der Waals surface area contributed by atoms with Crippen molar-refractivity contribution in [3.63, 3.8) is 0 Å². The van der Waals surface area contributed by atoms with E-state index in [-0.39, 0.29) is 17.2 Å². The zero-order valence-corrected chi connectivity index (χ0v) is 14.8. The molecule has 7 heteroatoms. The van der Waals surface area contributed by atoms with Gasteiger partial charge in [0.15, 0.2) is 5.78 Å². The van der Waals surface area contributed by atoms with Crippen molar-refractivity contribution in [2.75, 3.05) is 18.0 Å². The van der Waals surface area contributed by atoms with Crippen LogP contribution in [0.25, 0.3) is 0 Å². The van der Waals surface area contributed by atoms with E-state index in [4.69, 9.17) is 4.74 Å². The number of benzene rings is 2. The Morgan fingerprint density at radius 3 is 2.48 bits per heavy atom. The molecule has 2 aromatic carbocycles. The molecule has 132 valence electrons. The summed E-state index contributed by atoms with van der Waals surface area (Å²) < 4.78 is 32.6. The number of hydrogen-bond donors (Lipinski definition) is 1. The fraction of sp³-hybridized carbons (Fsp3) is 0.278. The van der Waals surface area contributed by atoms with Crippen molar-refractivity contribution >= 4 is 21.5 Å². The third-order valence-electron chi connectivity index (χ3n) is 4.32. The number of sulfonamides is 1. The zero-order valence-electron chi connectivity index (χ0n) is 14.0. The van der Waals surface area contributed by atoms with E-state index >= 15 is 0 Å². The maximum Gasteiger partial charge on any atom is 0.264 e. The van der Waals surface area contributed by atoms with E-state index in [1.165, 1.54) is 42.6 Å². The van der Waals surface area contributed by atoms with Gasteiger partial charge in [-0.15, -0.1) is 0 Å². The van der Waals surface area contributed by atoms with Crippen LogP contribution in [0.1, 0.15) is 35.4 Å². The lowest BCUT2D eigenvalue weighted by molar-refractivity contribution is 0.101. The second-order valence-electron chi connectivity index (χ2n) is 5.89. The Bertz CT molecular complexity index is 906. The first-order chi connectivity index (χ1) is 11.8. The smallest absolute Gasteiger partial charge is 0.264 e. The molecule has 0 saturated heterocycles. The summed E-state index contributed by atoms with van der Waals surface area (Å²) in [5.41, 5.74) is 1.42. The highest BCUT2D eigenvalue weighted by Gasteiger charge is 2.32. The predicted octanol–water partition coefficient (Wildman–Crippen LogP) is 2.53. The Kier molecular flexibility index (Phi) is 4.53. The summed E-state index contributed by atoms with van der Waals surface area (Å²) in [4.78, 5) is 11.5. The molecule has 6 nitrogen and oxygen atoms in total. The number of Topliss-reactive ketones (excluding diaryl/α,β-unsaturated/α-hetero) is 1. The number of ether oxygens (including phenoxy) is 1. The van der Waals surface area contributed by atoms with Crippen LogP contribution in [0.4, 0.5) is 5.69 Å². The van der Waals surface area contributed by atoms with Gasteiger partial charge in [0.05, 0.1) is 23.8 Å². The highest BCUT2D eigenvalue weighted by molar-refractivity contribution is 7.92. The molecule has 25 heavy (non-hydrogen) atoms. The van der Waals surface area contributed by atoms with Gasteiger partial charge in [0.25, 0.3) is 10.0 Å². The molecule has 1 N–H and O–H groups in total. The van der Waals surface area contributed by atoms with Gasteiger partial charge in [0.2, 0.25) is 0 Å². The molecule has 1 unspecified atom stereocenters. The molecule has 3 rings (SSSR count). The highest BCUT2D eigenvalue weighted by atomic mass is 32.2. The first-order valence-corrected chi connectivity index (χ1v) is 9.28. The maximum absolute atomic E-state index is 13.1. The number of hydrogen-bond acceptors (Lipinski definition) is 5. The molecule has 1 aliphatic heterocycles. The number of fused-ring (bicyclic) bond motifs is 1. The minimum absolute atomic E-state index is 0.0997. The molecule has 0 fully saturated rings. The third-order valence-corrected chi connectivity index (χ3v) is 6.15. The Balaban J connectivity index is 2.06. The van der Waals surface area contributed by atoms with Gasteiger partial charge in [-0.05, 0) is 31.5 Å². The van der Waals surface area contributed by atoms with E-state index in [1.807, 2.05) is 0 Å². The molecule has 1 heterocycles. The Morgan fingerprint density at radius 1 is 1.20 bits per heavy atom. The fourth-order valence-corrected chi connectivity index (χ4v) is 4.40. The highest BCUT2D eigenvalue weighted by Crippen LogP contribution is 2.39. The molecule has 1 aliphatic rings. The Labute approximate surface area is 146 Å². The summed E-state index contributed by atoms with van der Waals surface area (Å²) in [5, 5.41) is 10.2. The average molecular weight is 361 g/mol. The molecule has 0 aromatic heterocycles. The number of anilines is 1. The molecule has 0 radical (unpaired) electrons. The summed E-state index contributed by atoms with van der Waals surface area (Å²) in [6, 6.07) is 10.8. The van der Waals surface area contributed by atoms with Crippen molar-refractivity contribution in [3.05, 3.63) is 53.6 Å². The van der Waals surface area contributed by atoms with E-state index < -0.39 is 16.1 Å². The Hall–Kier alpha value is -2.38. The van der Waals surface area contributed by atoms with Crippen LogP contribution in [-0.2, 0) is 10.0 Å². The van der Waals surface area contributed by atoms with Crippen molar-refractivity contribution in [2.24, 2.45) is 0 Å². The molecule has 2 aromatic rings. The molecule has 0 bridgehead atoms. The molecule has 0 aliphatic carbocycles. The molecule has 0 saturated carbocycles. The van der Waals surface area contributed by atoms with Gasteiger partial charge in [-0.2, -0.15) is 0 Å². The summed E-state index contributed by atoms with van der Waals surface area (Å²) in [7, 11) is -2.31. The molecular formula is C18H19NO5S. The lowest BCUT2D eigenvalue weighted by Crippen LogP contribution is -2.36. The normalized spacial score (nSPS) is 17.1. The lowest BCUT2D eigenvalue weighted by Gasteiger charge is -2.33. The fourth-order valence-electron chi connectivity index (χ4n) is 2.90. The predicted molar refractivity (Wildman–Crippen MR) is 93.5 cm³/mol. The summed E-state index contributed by atoms with van der Waals surface area (Å²) in [6.07, 6.45) is -0.406. The molecule has 0 spiro atoms. The van der Waals surface area contributed by atoms with Crippen LogP contribution in [0.3, 0.4) is 0 Å². The van der Waals surface area contributed by atoms with E-state index in [1.54, 1.807) is 18.2 Å². The zero-order chi connectivity index (χ0) is 18.2. The lowest BCUT2D eigenvalue weighted by atomic mass is 10.0. The molecule has 1 atom stereocenters. The monoisotopic (exact) mass is 361 g/mol. The second kappa shape index (κ2) is 6.50. The Morgan fingerprint density at radius 2 is 1.88 bits per heavy atom. The van der Waals surface area contributed by atoms with Crippen molar-refractivity contribution in [2.45, 2.75) is 24.3 Å². The van der Waals surface area contributed by atoms with Crippen LogP contribution in [-0.4, -0.2) is 33.0 Å². The van der Waals surface area contributed by atoms with Crippen molar-refractivity contribution < 1.29 is 23.1 Å². The minimum atomic E-state index is -3.81. The van der Waals surface area contributed by atoms with Gasteiger partial charge in [0, 0.05) is 23.7 Å². The van der Waals surface area contributed by atoms with Gasteiger partial charge in [-0.1, -0.05) is 18.2 Å². The van der Waals surface area contributed by atoms with E-state index in [2.05, 4.69) is 0 Å². The van der Waals surface area contributed by atoms with Crippen LogP contribution >= 0.6 is 0 Å². The number of ketones is 1. The van der Waals surface area contributed by atoms with Crippen LogP contribution in [0.15, 0.2) is 47.4 Å². The number of nitrogens with zero attached hydrogens (tertiary/aromatic N) is 1. The summed E-state index contributed by atoms with van der Waals surface area (Å²) >= 11 is 0. The first-order valence-electron chi connectivity index (χ1n) is 7.84. The minimum Gasteiger partial charge on any atom is -0.497 e.